The van der Waals surface area contributed by atoms with Crippen molar-refractivity contribution in [3.63, 3.8) is 0 Å². The molecule has 8 nitrogen and oxygen atoms in total. The maximum Gasteiger partial charge on any atom is 0.258 e. The van der Waals surface area contributed by atoms with E-state index >= 15 is 0 Å². The molecule has 0 unspecified atom stereocenters. The second-order valence-electron chi connectivity index (χ2n) is 10.9. The van der Waals surface area contributed by atoms with Gasteiger partial charge in [0.1, 0.15) is 11.9 Å². The summed E-state index contributed by atoms with van der Waals surface area (Å²) in [4.78, 5) is 42.9. The Balaban J connectivity index is 1.59. The molecule has 0 aromatic heterocycles. The van der Waals surface area contributed by atoms with Crippen LogP contribution in [0, 0.1) is 11.8 Å². The predicted molar refractivity (Wildman–Crippen MR) is 151 cm³/mol. The minimum Gasteiger partial charge on any atom is -0.487 e. The molecule has 1 saturated carbocycles. The molecular weight excluding hydrogens is 518 g/mol. The van der Waals surface area contributed by atoms with E-state index in [4.69, 9.17) is 16.3 Å². The largest absolute Gasteiger partial charge is 0.487 e. The number of benzene rings is 2. The van der Waals surface area contributed by atoms with Crippen LogP contribution in [0.25, 0.3) is 0 Å². The van der Waals surface area contributed by atoms with E-state index in [-0.39, 0.29) is 42.7 Å². The number of fused-ring (bicyclic) bond motifs is 1. The molecule has 0 bridgehead atoms. The number of anilines is 1. The first kappa shape index (κ1) is 28.9. The summed E-state index contributed by atoms with van der Waals surface area (Å²) in [5.41, 5.74) is 1.38. The highest BCUT2D eigenvalue weighted by atomic mass is 35.5. The van der Waals surface area contributed by atoms with Crippen LogP contribution in [0.2, 0.25) is 5.02 Å². The highest BCUT2D eigenvalue weighted by Crippen LogP contribution is 2.32. The first-order valence-electron chi connectivity index (χ1n) is 13.7. The molecule has 1 heterocycles. The third kappa shape index (κ3) is 6.92. The summed E-state index contributed by atoms with van der Waals surface area (Å²) in [5.74, 6) is -0.226. The Morgan fingerprint density at radius 2 is 1.85 bits per heavy atom. The first-order chi connectivity index (χ1) is 18.7. The van der Waals surface area contributed by atoms with E-state index in [1.54, 1.807) is 66.2 Å². The molecular formula is C30H38ClN3O5. The van der Waals surface area contributed by atoms with Crippen LogP contribution in [0.5, 0.6) is 5.75 Å². The fourth-order valence-electron chi connectivity index (χ4n) is 5.29. The van der Waals surface area contributed by atoms with E-state index in [9.17, 15) is 19.5 Å². The van der Waals surface area contributed by atoms with E-state index in [1.165, 1.54) is 0 Å². The van der Waals surface area contributed by atoms with Gasteiger partial charge in [0.25, 0.3) is 11.8 Å². The average Bonchev–Trinajstić information content (AvgIpc) is 2.95. The first-order valence-corrected chi connectivity index (χ1v) is 14.1. The second-order valence-corrected chi connectivity index (χ2v) is 11.3. The lowest BCUT2D eigenvalue weighted by Gasteiger charge is -2.38. The lowest BCUT2D eigenvalue weighted by Crippen LogP contribution is -2.50. The molecule has 2 aromatic carbocycles. The maximum absolute atomic E-state index is 13.7. The number of nitrogens with zero attached hydrogens (tertiary/aromatic N) is 2. The molecule has 1 aliphatic heterocycles. The lowest BCUT2D eigenvalue weighted by molar-refractivity contribution is -0.120. The van der Waals surface area contributed by atoms with Crippen molar-refractivity contribution in [1.82, 2.24) is 9.80 Å². The van der Waals surface area contributed by atoms with E-state index < -0.39 is 12.1 Å². The zero-order valence-corrected chi connectivity index (χ0v) is 23.6. The predicted octanol–water partition coefficient (Wildman–Crippen LogP) is 4.85. The highest BCUT2D eigenvalue weighted by Gasteiger charge is 2.34. The van der Waals surface area contributed by atoms with Crippen LogP contribution in [0.15, 0.2) is 42.5 Å². The molecule has 2 aromatic rings. The molecule has 4 rings (SSSR count). The summed E-state index contributed by atoms with van der Waals surface area (Å²) in [6, 6.07) is 11.4. The minimum absolute atomic E-state index is 0.0161. The smallest absolute Gasteiger partial charge is 0.258 e. The zero-order chi connectivity index (χ0) is 28.1. The van der Waals surface area contributed by atoms with Gasteiger partial charge in [-0.25, -0.2) is 0 Å². The number of aliphatic hydroxyl groups excluding tert-OH is 1. The van der Waals surface area contributed by atoms with Gasteiger partial charge in [-0.2, -0.15) is 0 Å². The summed E-state index contributed by atoms with van der Waals surface area (Å²) >= 11 is 5.98. The third-order valence-corrected chi connectivity index (χ3v) is 8.05. The number of hydrogen-bond donors (Lipinski definition) is 2. The number of carbonyl (C=O) groups excluding carboxylic acids is 3. The quantitative estimate of drug-likeness (QED) is 0.509. The van der Waals surface area contributed by atoms with E-state index in [1.807, 2.05) is 6.92 Å². The second kappa shape index (κ2) is 12.8. The van der Waals surface area contributed by atoms with Gasteiger partial charge in [0.05, 0.1) is 24.8 Å². The molecule has 2 aliphatic rings. The van der Waals surface area contributed by atoms with Crippen molar-refractivity contribution in [3.05, 3.63) is 58.6 Å². The molecule has 210 valence electrons. The highest BCUT2D eigenvalue weighted by molar-refractivity contribution is 6.30. The van der Waals surface area contributed by atoms with Crippen LogP contribution in [-0.4, -0.2) is 71.5 Å². The van der Waals surface area contributed by atoms with Crippen molar-refractivity contribution < 1.29 is 24.2 Å². The van der Waals surface area contributed by atoms with E-state index in [0.29, 0.717) is 34.1 Å². The topological polar surface area (TPSA) is 99.2 Å². The Hall–Kier alpha value is -3.10. The van der Waals surface area contributed by atoms with Crippen molar-refractivity contribution in [2.24, 2.45) is 11.8 Å². The molecule has 2 N–H and O–H groups in total. The van der Waals surface area contributed by atoms with Crippen LogP contribution in [0.3, 0.4) is 0 Å². The molecule has 1 fully saturated rings. The van der Waals surface area contributed by atoms with Crippen LogP contribution in [-0.2, 0) is 4.79 Å². The van der Waals surface area contributed by atoms with Crippen LogP contribution in [0.4, 0.5) is 5.69 Å². The summed E-state index contributed by atoms with van der Waals surface area (Å²) in [6.07, 6.45) is 4.60. The Morgan fingerprint density at radius 3 is 2.51 bits per heavy atom. The molecule has 0 saturated heterocycles. The standard InChI is InChI=1S/C30H38ClN3O5/c1-19-16-34(20(2)18-35)30(38)25-15-24(32-28(36)21-7-5-4-6-8-21)13-14-26(25)39-27(19)17-33(3)29(37)22-9-11-23(31)12-10-22/h9-15,19-21,27,35H,4-8,16-18H2,1-3H3,(H,32,36)/t19-,20-,27+/m1/s1. The van der Waals surface area contributed by atoms with Crippen molar-refractivity contribution in [2.45, 2.75) is 58.1 Å². The summed E-state index contributed by atoms with van der Waals surface area (Å²) in [6.45, 7) is 4.21. The van der Waals surface area contributed by atoms with Gasteiger partial charge in [-0.05, 0) is 62.2 Å². The summed E-state index contributed by atoms with van der Waals surface area (Å²) in [7, 11) is 1.72. The average molecular weight is 556 g/mol. The van der Waals surface area contributed by atoms with Crippen molar-refractivity contribution in [2.75, 3.05) is 32.1 Å². The Bertz CT molecular complexity index is 1180. The lowest BCUT2D eigenvalue weighted by atomic mass is 9.88. The van der Waals surface area contributed by atoms with E-state index in [2.05, 4.69) is 5.32 Å². The molecule has 3 atom stereocenters. The van der Waals surface area contributed by atoms with Gasteiger partial charge in [-0.15, -0.1) is 0 Å². The van der Waals surface area contributed by atoms with Crippen LogP contribution in [0.1, 0.15) is 66.7 Å². The van der Waals surface area contributed by atoms with Gasteiger partial charge in [-0.1, -0.05) is 37.8 Å². The maximum atomic E-state index is 13.7. The van der Waals surface area contributed by atoms with Gasteiger partial charge in [0.15, 0.2) is 0 Å². The summed E-state index contributed by atoms with van der Waals surface area (Å²) < 4.78 is 6.40. The third-order valence-electron chi connectivity index (χ3n) is 7.80. The molecule has 3 amide bonds. The molecule has 9 heteroatoms. The van der Waals surface area contributed by atoms with Gasteiger partial charge in [0, 0.05) is 41.7 Å². The van der Waals surface area contributed by atoms with Crippen LogP contribution < -0.4 is 10.1 Å². The number of hydrogen-bond acceptors (Lipinski definition) is 5. The normalized spacial score (nSPS) is 20.7. The summed E-state index contributed by atoms with van der Waals surface area (Å²) in [5, 5.41) is 13.4. The number of rotatable bonds is 7. The SMILES string of the molecule is C[C@@H]1CN([C@H](C)CO)C(=O)c2cc(NC(=O)C3CCCCC3)ccc2O[C@H]1CN(C)C(=O)c1ccc(Cl)cc1. The van der Waals surface area contributed by atoms with Crippen molar-refractivity contribution >= 4 is 35.0 Å². The number of halogens is 1. The zero-order valence-electron chi connectivity index (χ0n) is 22.9. The van der Waals surface area contributed by atoms with Gasteiger partial charge < -0.3 is 25.0 Å². The molecule has 0 radical (unpaired) electrons. The number of ether oxygens (including phenoxy) is 1. The Morgan fingerprint density at radius 1 is 1.15 bits per heavy atom. The van der Waals surface area contributed by atoms with Gasteiger partial charge in [0.2, 0.25) is 5.91 Å². The monoisotopic (exact) mass is 555 g/mol. The number of amides is 3. The Labute approximate surface area is 235 Å². The number of carbonyl (C=O) groups is 3. The van der Waals surface area contributed by atoms with Crippen LogP contribution >= 0.6 is 11.6 Å². The Kier molecular flexibility index (Phi) is 9.51. The van der Waals surface area contributed by atoms with Crippen molar-refractivity contribution in [3.8, 4) is 5.75 Å². The van der Waals surface area contributed by atoms with E-state index in [0.717, 1.165) is 32.1 Å². The molecule has 0 spiro atoms. The number of nitrogens with one attached hydrogen (secondary N) is 1. The number of aliphatic hydroxyl groups is 1. The van der Waals surface area contributed by atoms with Gasteiger partial charge >= 0.3 is 0 Å². The minimum atomic E-state index is -0.422. The molecule has 39 heavy (non-hydrogen) atoms. The number of likely N-dealkylation sites (N-methyl/N-ethyl adjacent to an activating group) is 1. The van der Waals surface area contributed by atoms with Gasteiger partial charge in [-0.3, -0.25) is 14.4 Å². The fraction of sp³-hybridized carbons (Fsp3) is 0.500. The molecule has 1 aliphatic carbocycles. The van der Waals surface area contributed by atoms with Crippen molar-refractivity contribution in [1.29, 1.82) is 0 Å². The fourth-order valence-corrected chi connectivity index (χ4v) is 5.42.